The predicted molar refractivity (Wildman–Crippen MR) is 117 cm³/mol. The molecular weight excluding hydrogens is 416 g/mol. The predicted octanol–water partition coefficient (Wildman–Crippen LogP) is 1.45. The molecule has 10 heteroatoms. The van der Waals surface area contributed by atoms with E-state index in [1.807, 2.05) is 0 Å². The number of benzene rings is 2. The van der Waals surface area contributed by atoms with E-state index < -0.39 is 11.8 Å². The Morgan fingerprint density at radius 1 is 1.00 bits per heavy atom. The van der Waals surface area contributed by atoms with Gasteiger partial charge in [-0.3, -0.25) is 14.4 Å². The maximum atomic E-state index is 12.1. The molecule has 1 saturated carbocycles. The van der Waals surface area contributed by atoms with Gasteiger partial charge in [-0.05, 0) is 60.9 Å². The topological polar surface area (TPSA) is 127 Å². The maximum Gasteiger partial charge on any atom is 0.329 e. The molecule has 0 unspecified atom stereocenters. The first-order chi connectivity index (χ1) is 15.5. The van der Waals surface area contributed by atoms with Crippen LogP contribution in [-0.2, 0) is 14.4 Å². The van der Waals surface area contributed by atoms with Crippen molar-refractivity contribution >= 4 is 29.6 Å². The lowest BCUT2D eigenvalue weighted by Crippen LogP contribution is -2.38. The van der Waals surface area contributed by atoms with Crippen molar-refractivity contribution < 1.29 is 28.6 Å². The highest BCUT2D eigenvalue weighted by Gasteiger charge is 2.26. The molecule has 1 fully saturated rings. The van der Waals surface area contributed by atoms with Gasteiger partial charge in [0.15, 0.2) is 18.1 Å². The number of hydrogen-bond acceptors (Lipinski definition) is 7. The molecule has 0 radical (unpaired) electrons. The van der Waals surface area contributed by atoms with Crippen LogP contribution in [0.1, 0.15) is 18.4 Å². The average Bonchev–Trinajstić information content (AvgIpc) is 3.62. The van der Waals surface area contributed by atoms with Gasteiger partial charge >= 0.3 is 11.8 Å². The summed E-state index contributed by atoms with van der Waals surface area (Å²) in [6, 6.07) is 11.9. The minimum absolute atomic E-state index is 0.0901. The summed E-state index contributed by atoms with van der Waals surface area (Å²) in [6.07, 6.45) is 3.14. The number of ether oxygens (including phenoxy) is 3. The van der Waals surface area contributed by atoms with E-state index in [0.717, 1.165) is 12.8 Å². The van der Waals surface area contributed by atoms with Gasteiger partial charge in [-0.25, -0.2) is 5.43 Å². The van der Waals surface area contributed by atoms with Crippen molar-refractivity contribution in [3.05, 3.63) is 48.0 Å². The molecule has 168 valence electrons. The van der Waals surface area contributed by atoms with Crippen molar-refractivity contribution in [1.82, 2.24) is 10.7 Å². The molecule has 1 aliphatic carbocycles. The highest BCUT2D eigenvalue weighted by atomic mass is 16.5. The molecule has 1 aliphatic rings. The van der Waals surface area contributed by atoms with E-state index in [1.54, 1.807) is 49.6 Å². The van der Waals surface area contributed by atoms with Gasteiger partial charge in [0.2, 0.25) is 0 Å². The largest absolute Gasteiger partial charge is 0.497 e. The second-order valence-electron chi connectivity index (χ2n) is 6.92. The van der Waals surface area contributed by atoms with E-state index >= 15 is 0 Å². The van der Waals surface area contributed by atoms with Crippen LogP contribution in [0.5, 0.6) is 17.2 Å². The molecule has 0 saturated heterocycles. The first kappa shape index (κ1) is 22.6. The smallest absolute Gasteiger partial charge is 0.329 e. The van der Waals surface area contributed by atoms with E-state index in [4.69, 9.17) is 14.2 Å². The van der Waals surface area contributed by atoms with Gasteiger partial charge in [0.1, 0.15) is 5.75 Å². The van der Waals surface area contributed by atoms with Gasteiger partial charge in [-0.15, -0.1) is 0 Å². The van der Waals surface area contributed by atoms with Crippen LogP contribution in [0.4, 0.5) is 5.69 Å². The molecule has 2 aromatic rings. The molecule has 0 aromatic heterocycles. The van der Waals surface area contributed by atoms with Crippen molar-refractivity contribution in [3.63, 3.8) is 0 Å². The number of anilines is 1. The summed E-state index contributed by atoms with van der Waals surface area (Å²) >= 11 is 0. The fraction of sp³-hybridized carbons (Fsp3) is 0.273. The summed E-state index contributed by atoms with van der Waals surface area (Å²) in [5.74, 6) is -0.447. The molecule has 0 atom stereocenters. The highest BCUT2D eigenvalue weighted by molar-refractivity contribution is 6.35. The van der Waals surface area contributed by atoms with Crippen LogP contribution in [0.2, 0.25) is 0 Å². The van der Waals surface area contributed by atoms with Gasteiger partial charge < -0.3 is 24.8 Å². The van der Waals surface area contributed by atoms with Crippen molar-refractivity contribution in [2.75, 3.05) is 26.1 Å². The van der Waals surface area contributed by atoms with Crippen LogP contribution in [0.3, 0.4) is 0 Å². The second-order valence-corrected chi connectivity index (χ2v) is 6.92. The number of hydrogen-bond donors (Lipinski definition) is 3. The van der Waals surface area contributed by atoms with E-state index in [-0.39, 0.29) is 18.6 Å². The monoisotopic (exact) mass is 440 g/mol. The van der Waals surface area contributed by atoms with Crippen molar-refractivity contribution in [1.29, 1.82) is 0 Å². The molecule has 0 heterocycles. The van der Waals surface area contributed by atoms with Crippen LogP contribution in [0.15, 0.2) is 47.6 Å². The van der Waals surface area contributed by atoms with Crippen LogP contribution < -0.4 is 30.3 Å². The fourth-order valence-corrected chi connectivity index (χ4v) is 2.59. The lowest BCUT2D eigenvalue weighted by Gasteiger charge is -2.11. The van der Waals surface area contributed by atoms with Crippen molar-refractivity contribution in [3.8, 4) is 17.2 Å². The Balaban J connectivity index is 1.50. The van der Waals surface area contributed by atoms with Crippen LogP contribution >= 0.6 is 0 Å². The molecule has 10 nitrogen and oxygen atoms in total. The fourth-order valence-electron chi connectivity index (χ4n) is 2.59. The molecule has 3 N–H and O–H groups in total. The summed E-state index contributed by atoms with van der Waals surface area (Å²) in [5.41, 5.74) is 3.39. The minimum Gasteiger partial charge on any atom is -0.497 e. The number of nitrogens with zero attached hydrogens (tertiary/aromatic N) is 1. The third-order valence-electron chi connectivity index (χ3n) is 4.42. The SMILES string of the molecule is COc1ccc(NC(=O)COc2ccc(/C=N\NC(=O)C(=O)NC3CC3)cc2OC)cc1. The van der Waals surface area contributed by atoms with Gasteiger partial charge in [0, 0.05) is 11.7 Å². The molecule has 2 aromatic carbocycles. The Hall–Kier alpha value is -4.08. The zero-order valence-electron chi connectivity index (χ0n) is 17.7. The van der Waals surface area contributed by atoms with Crippen molar-refractivity contribution in [2.24, 2.45) is 5.10 Å². The van der Waals surface area contributed by atoms with Crippen LogP contribution in [0.25, 0.3) is 0 Å². The highest BCUT2D eigenvalue weighted by Crippen LogP contribution is 2.27. The van der Waals surface area contributed by atoms with E-state index in [9.17, 15) is 14.4 Å². The molecule has 0 aliphatic heterocycles. The Bertz CT molecular complexity index is 1000. The van der Waals surface area contributed by atoms with E-state index in [0.29, 0.717) is 28.5 Å². The standard InChI is InChI=1S/C22H24N4O6/c1-30-17-8-6-15(7-9-17)24-20(27)13-32-18-10-3-14(11-19(18)31-2)12-23-26-22(29)21(28)25-16-4-5-16/h3,6-12,16H,4-5,13H2,1-2H3,(H,24,27)(H,25,28)(H,26,29)/b23-12-. The maximum absolute atomic E-state index is 12.1. The third kappa shape index (κ3) is 6.73. The summed E-state index contributed by atoms with van der Waals surface area (Å²) in [6.45, 7) is -0.220. The quantitative estimate of drug-likeness (QED) is 0.308. The average molecular weight is 440 g/mol. The lowest BCUT2D eigenvalue weighted by atomic mass is 10.2. The van der Waals surface area contributed by atoms with Gasteiger partial charge in [0.05, 0.1) is 20.4 Å². The summed E-state index contributed by atoms with van der Waals surface area (Å²) in [5, 5.41) is 9.07. The summed E-state index contributed by atoms with van der Waals surface area (Å²) < 4.78 is 15.9. The minimum atomic E-state index is -0.831. The molecule has 3 amide bonds. The molecule has 32 heavy (non-hydrogen) atoms. The first-order valence-electron chi connectivity index (χ1n) is 9.87. The zero-order chi connectivity index (χ0) is 22.9. The number of methoxy groups -OCH3 is 2. The zero-order valence-corrected chi connectivity index (χ0v) is 17.7. The van der Waals surface area contributed by atoms with Crippen LogP contribution in [0, 0.1) is 0 Å². The van der Waals surface area contributed by atoms with Crippen LogP contribution in [-0.4, -0.2) is 50.8 Å². The van der Waals surface area contributed by atoms with E-state index in [1.165, 1.54) is 13.3 Å². The second kappa shape index (κ2) is 10.8. The van der Waals surface area contributed by atoms with Gasteiger partial charge in [0.25, 0.3) is 5.91 Å². The molecule has 0 spiro atoms. The summed E-state index contributed by atoms with van der Waals surface area (Å²) in [4.78, 5) is 35.4. The van der Waals surface area contributed by atoms with Gasteiger partial charge in [-0.1, -0.05) is 0 Å². The van der Waals surface area contributed by atoms with Crippen molar-refractivity contribution in [2.45, 2.75) is 18.9 Å². The number of nitrogens with one attached hydrogen (secondary N) is 3. The Labute approximate surface area is 184 Å². The Kier molecular flexibility index (Phi) is 7.63. The molecule has 3 rings (SSSR count). The van der Waals surface area contributed by atoms with E-state index in [2.05, 4.69) is 21.2 Å². The normalized spacial score (nSPS) is 12.7. The Morgan fingerprint density at radius 3 is 2.41 bits per heavy atom. The Morgan fingerprint density at radius 2 is 1.75 bits per heavy atom. The lowest BCUT2D eigenvalue weighted by molar-refractivity contribution is -0.139. The number of carbonyl (C=O) groups excluding carboxylic acids is 3. The molecular formula is C22H24N4O6. The first-order valence-corrected chi connectivity index (χ1v) is 9.87. The number of hydrazone groups is 1. The van der Waals surface area contributed by atoms with Gasteiger partial charge in [-0.2, -0.15) is 5.10 Å². The third-order valence-corrected chi connectivity index (χ3v) is 4.42. The number of rotatable bonds is 9. The number of carbonyl (C=O) groups is 3. The molecule has 0 bridgehead atoms. The summed E-state index contributed by atoms with van der Waals surface area (Å²) in [7, 11) is 3.03. The number of amides is 3.